The van der Waals surface area contributed by atoms with Crippen LogP contribution in [-0.4, -0.2) is 54.2 Å². The molecule has 2 rings (SSSR count). The summed E-state index contributed by atoms with van der Waals surface area (Å²) in [6.07, 6.45) is -1.31. The summed E-state index contributed by atoms with van der Waals surface area (Å²) >= 11 is 0. The molecule has 0 aliphatic heterocycles. The van der Waals surface area contributed by atoms with E-state index in [4.69, 9.17) is 0 Å². The van der Waals surface area contributed by atoms with Gasteiger partial charge >= 0.3 is 5.97 Å². The van der Waals surface area contributed by atoms with E-state index in [0.29, 0.717) is 13.1 Å². The summed E-state index contributed by atoms with van der Waals surface area (Å²) in [5, 5.41) is 12.1. The lowest BCUT2D eigenvalue weighted by Gasteiger charge is -2.20. The second-order valence-electron chi connectivity index (χ2n) is 5.75. The lowest BCUT2D eigenvalue weighted by atomic mass is 10.2. The number of carboxylic acid groups (broad SMARTS) is 1. The molecule has 8 heteroatoms. The zero-order valence-corrected chi connectivity index (χ0v) is 12.5. The number of carboxylic acids is 1. The average Bonchev–Trinajstić information content (AvgIpc) is 3.19. The number of likely N-dealkylation sites (N-methyl/N-ethyl adjacent to an activating group) is 1. The van der Waals surface area contributed by atoms with Gasteiger partial charge in [-0.05, 0) is 26.9 Å². The standard InChI is InChI=1S/C14H19F2N3O3/c1-18(2)6-5-17-10-7-11(20)19(8-9(10)12(21)22)14(3-4-14)13(15)16/h7-8,13,17H,3-6H2,1-2H3,(H,21,22). The van der Waals surface area contributed by atoms with Crippen LogP contribution in [0.4, 0.5) is 14.5 Å². The first-order valence-corrected chi connectivity index (χ1v) is 6.95. The van der Waals surface area contributed by atoms with Crippen molar-refractivity contribution in [2.24, 2.45) is 0 Å². The largest absolute Gasteiger partial charge is 0.478 e. The fraction of sp³-hybridized carbons (Fsp3) is 0.571. The second kappa shape index (κ2) is 6.04. The number of nitrogens with one attached hydrogen (secondary N) is 1. The van der Waals surface area contributed by atoms with Gasteiger partial charge in [-0.25, -0.2) is 13.6 Å². The van der Waals surface area contributed by atoms with Gasteiger partial charge in [-0.15, -0.1) is 0 Å². The highest BCUT2D eigenvalue weighted by atomic mass is 19.3. The summed E-state index contributed by atoms with van der Waals surface area (Å²) < 4.78 is 27.1. The van der Waals surface area contributed by atoms with E-state index in [1.807, 2.05) is 19.0 Å². The highest BCUT2D eigenvalue weighted by Gasteiger charge is 2.53. The third-order valence-corrected chi connectivity index (χ3v) is 3.81. The highest BCUT2D eigenvalue weighted by molar-refractivity contribution is 5.93. The summed E-state index contributed by atoms with van der Waals surface area (Å²) in [5.74, 6) is -1.26. The van der Waals surface area contributed by atoms with E-state index in [2.05, 4.69) is 5.32 Å². The minimum absolute atomic E-state index is 0.153. The molecule has 1 aromatic heterocycles. The van der Waals surface area contributed by atoms with E-state index in [-0.39, 0.29) is 24.1 Å². The normalized spacial score (nSPS) is 16.1. The molecule has 122 valence electrons. The SMILES string of the molecule is CN(C)CCNc1cc(=O)n(C2(C(F)F)CC2)cc1C(=O)O. The number of carbonyl (C=O) groups is 1. The summed E-state index contributed by atoms with van der Waals surface area (Å²) in [6, 6.07) is 1.08. The van der Waals surface area contributed by atoms with Gasteiger partial charge in [0.1, 0.15) is 5.54 Å². The van der Waals surface area contributed by atoms with Gasteiger partial charge in [0.05, 0.1) is 11.3 Å². The van der Waals surface area contributed by atoms with Gasteiger partial charge in [0.25, 0.3) is 12.0 Å². The molecule has 1 saturated carbocycles. The lowest BCUT2D eigenvalue weighted by Crippen LogP contribution is -2.36. The van der Waals surface area contributed by atoms with Gasteiger partial charge < -0.3 is 19.9 Å². The van der Waals surface area contributed by atoms with Gasteiger partial charge in [-0.1, -0.05) is 0 Å². The van der Waals surface area contributed by atoms with Crippen molar-refractivity contribution in [1.82, 2.24) is 9.47 Å². The van der Waals surface area contributed by atoms with Crippen LogP contribution in [0.1, 0.15) is 23.2 Å². The number of pyridine rings is 1. The zero-order valence-electron chi connectivity index (χ0n) is 12.5. The fourth-order valence-corrected chi connectivity index (χ4v) is 2.30. The molecule has 0 radical (unpaired) electrons. The number of alkyl halides is 2. The Kier molecular flexibility index (Phi) is 4.50. The topological polar surface area (TPSA) is 74.6 Å². The molecule has 1 aliphatic rings. The Morgan fingerprint density at radius 1 is 1.50 bits per heavy atom. The number of nitrogens with zero attached hydrogens (tertiary/aromatic N) is 2. The van der Waals surface area contributed by atoms with Gasteiger partial charge in [-0.3, -0.25) is 4.79 Å². The van der Waals surface area contributed by atoms with Crippen molar-refractivity contribution in [3.05, 3.63) is 28.2 Å². The smallest absolute Gasteiger partial charge is 0.339 e. The Bertz CT molecular complexity index is 624. The molecule has 0 spiro atoms. The van der Waals surface area contributed by atoms with Crippen LogP contribution >= 0.6 is 0 Å². The molecule has 6 nitrogen and oxygen atoms in total. The maximum Gasteiger partial charge on any atom is 0.339 e. The van der Waals surface area contributed by atoms with Crippen molar-refractivity contribution in [2.45, 2.75) is 24.8 Å². The van der Waals surface area contributed by atoms with E-state index < -0.39 is 23.5 Å². The van der Waals surface area contributed by atoms with Crippen LogP contribution in [0.25, 0.3) is 0 Å². The molecular weight excluding hydrogens is 296 g/mol. The number of rotatable bonds is 7. The van der Waals surface area contributed by atoms with Gasteiger partial charge in [0.15, 0.2) is 0 Å². The predicted molar refractivity (Wildman–Crippen MR) is 77.9 cm³/mol. The quantitative estimate of drug-likeness (QED) is 0.793. The lowest BCUT2D eigenvalue weighted by molar-refractivity contribution is 0.0630. The Hall–Kier alpha value is -1.96. The Balaban J connectivity index is 2.35. The third-order valence-electron chi connectivity index (χ3n) is 3.81. The first-order valence-electron chi connectivity index (χ1n) is 6.95. The van der Waals surface area contributed by atoms with Gasteiger partial charge in [0.2, 0.25) is 0 Å². The number of aromatic nitrogens is 1. The summed E-state index contributed by atoms with van der Waals surface area (Å²) in [5.41, 5.74) is -2.18. The fourth-order valence-electron chi connectivity index (χ4n) is 2.30. The maximum atomic E-state index is 13.1. The third kappa shape index (κ3) is 3.11. The van der Waals surface area contributed by atoms with E-state index in [9.17, 15) is 23.5 Å². The summed E-state index contributed by atoms with van der Waals surface area (Å²) in [4.78, 5) is 25.3. The average molecular weight is 315 g/mol. The van der Waals surface area contributed by atoms with E-state index in [0.717, 1.165) is 16.8 Å². The second-order valence-corrected chi connectivity index (χ2v) is 5.75. The first kappa shape index (κ1) is 16.4. The van der Waals surface area contributed by atoms with E-state index in [1.165, 1.54) is 0 Å². The molecule has 1 fully saturated rings. The number of hydrogen-bond donors (Lipinski definition) is 2. The van der Waals surface area contributed by atoms with Crippen molar-refractivity contribution in [3.63, 3.8) is 0 Å². The van der Waals surface area contributed by atoms with E-state index in [1.54, 1.807) is 0 Å². The van der Waals surface area contributed by atoms with Crippen molar-refractivity contribution >= 4 is 11.7 Å². The molecule has 0 amide bonds. The number of halogens is 2. The molecule has 0 atom stereocenters. The van der Waals surface area contributed by atoms with Crippen LogP contribution in [0.5, 0.6) is 0 Å². The number of hydrogen-bond acceptors (Lipinski definition) is 4. The van der Waals surface area contributed by atoms with Crippen molar-refractivity contribution in [2.75, 3.05) is 32.5 Å². The van der Waals surface area contributed by atoms with Crippen molar-refractivity contribution in [3.8, 4) is 0 Å². The first-order chi connectivity index (χ1) is 10.3. The molecular formula is C14H19F2N3O3. The van der Waals surface area contributed by atoms with Crippen LogP contribution in [0, 0.1) is 0 Å². The predicted octanol–water partition coefficient (Wildman–Crippen LogP) is 1.27. The summed E-state index contributed by atoms with van der Waals surface area (Å²) in [7, 11) is 3.72. The minimum atomic E-state index is -2.70. The molecule has 0 saturated heterocycles. The Morgan fingerprint density at radius 3 is 2.59 bits per heavy atom. The molecule has 1 aromatic rings. The number of anilines is 1. The highest BCUT2D eigenvalue weighted by Crippen LogP contribution is 2.47. The molecule has 0 unspecified atom stereocenters. The maximum absolute atomic E-state index is 13.1. The van der Waals surface area contributed by atoms with Crippen molar-refractivity contribution < 1.29 is 18.7 Å². The van der Waals surface area contributed by atoms with Gasteiger partial charge in [-0.2, -0.15) is 0 Å². The Morgan fingerprint density at radius 2 is 2.14 bits per heavy atom. The Labute approximate surface area is 126 Å². The van der Waals surface area contributed by atoms with Crippen LogP contribution < -0.4 is 10.9 Å². The molecule has 1 heterocycles. The van der Waals surface area contributed by atoms with Crippen molar-refractivity contribution in [1.29, 1.82) is 0 Å². The summed E-state index contributed by atoms with van der Waals surface area (Å²) in [6.45, 7) is 1.08. The number of aromatic carboxylic acids is 1. The molecule has 2 N–H and O–H groups in total. The molecule has 0 bridgehead atoms. The molecule has 1 aliphatic carbocycles. The molecule has 0 aromatic carbocycles. The van der Waals surface area contributed by atoms with Crippen LogP contribution in [0.3, 0.4) is 0 Å². The van der Waals surface area contributed by atoms with Crippen LogP contribution in [0.2, 0.25) is 0 Å². The van der Waals surface area contributed by atoms with E-state index >= 15 is 0 Å². The monoisotopic (exact) mass is 315 g/mol. The van der Waals surface area contributed by atoms with Crippen LogP contribution in [0.15, 0.2) is 17.1 Å². The van der Waals surface area contributed by atoms with Gasteiger partial charge in [0, 0.05) is 25.4 Å². The zero-order chi connectivity index (χ0) is 16.5. The van der Waals surface area contributed by atoms with Crippen LogP contribution in [-0.2, 0) is 5.54 Å². The molecule has 22 heavy (non-hydrogen) atoms. The minimum Gasteiger partial charge on any atom is -0.478 e.